The Bertz CT molecular complexity index is 242. The fourth-order valence-corrected chi connectivity index (χ4v) is 2.89. The van der Waals surface area contributed by atoms with Crippen LogP contribution in [0.5, 0.6) is 0 Å². The minimum atomic E-state index is -0.808. The van der Waals surface area contributed by atoms with E-state index >= 15 is 0 Å². The second kappa shape index (κ2) is 5.17. The van der Waals surface area contributed by atoms with Crippen molar-refractivity contribution in [2.45, 2.75) is 57.5 Å². The number of carboxylic acids is 1. The first-order chi connectivity index (χ1) is 7.66. The number of hydrogen-bond donors (Lipinski definition) is 2. The molecular formula is C13H22O3. The first-order valence-electron chi connectivity index (χ1n) is 6.57. The highest BCUT2D eigenvalue weighted by atomic mass is 16.4. The fraction of sp³-hybridized carbons (Fsp3) is 0.923. The molecule has 2 N–H and O–H groups in total. The van der Waals surface area contributed by atoms with Gasteiger partial charge in [0.2, 0.25) is 0 Å². The van der Waals surface area contributed by atoms with Gasteiger partial charge in [-0.05, 0) is 24.7 Å². The molecule has 2 atom stereocenters. The third-order valence-corrected chi connectivity index (χ3v) is 4.12. The number of aliphatic hydroxyl groups excluding tert-OH is 1. The highest BCUT2D eigenvalue weighted by Gasteiger charge is 2.35. The maximum atomic E-state index is 11.1. The van der Waals surface area contributed by atoms with Crippen LogP contribution in [-0.4, -0.2) is 22.3 Å². The van der Waals surface area contributed by atoms with Gasteiger partial charge in [-0.3, -0.25) is 4.79 Å². The molecule has 3 heteroatoms. The zero-order valence-corrected chi connectivity index (χ0v) is 9.77. The van der Waals surface area contributed by atoms with E-state index in [0.29, 0.717) is 24.7 Å². The van der Waals surface area contributed by atoms with Gasteiger partial charge in [-0.25, -0.2) is 0 Å². The molecule has 0 aromatic rings. The highest BCUT2D eigenvalue weighted by Crippen LogP contribution is 2.38. The summed E-state index contributed by atoms with van der Waals surface area (Å²) in [5.74, 6) is -0.194. The lowest BCUT2D eigenvalue weighted by atomic mass is 9.88. The Kier molecular flexibility index (Phi) is 3.85. The molecular weight excluding hydrogens is 204 g/mol. The summed E-state index contributed by atoms with van der Waals surface area (Å²) in [5.41, 5.74) is 0. The third kappa shape index (κ3) is 3.21. The molecule has 2 rings (SSSR count). The summed E-state index contributed by atoms with van der Waals surface area (Å²) in [4.78, 5) is 11.1. The molecule has 0 radical (unpaired) electrons. The van der Waals surface area contributed by atoms with E-state index in [9.17, 15) is 9.90 Å². The highest BCUT2D eigenvalue weighted by molar-refractivity contribution is 5.70. The predicted octanol–water partition coefficient (Wildman–Crippen LogP) is 2.43. The Morgan fingerprint density at radius 1 is 1.06 bits per heavy atom. The van der Waals surface area contributed by atoms with Crippen LogP contribution in [0.1, 0.15) is 51.4 Å². The van der Waals surface area contributed by atoms with Gasteiger partial charge in [0.25, 0.3) is 0 Å². The van der Waals surface area contributed by atoms with Gasteiger partial charge in [0.15, 0.2) is 0 Å². The lowest BCUT2D eigenvalue weighted by Crippen LogP contribution is -2.30. The van der Waals surface area contributed by atoms with E-state index in [2.05, 4.69) is 0 Å². The normalized spacial score (nSPS) is 25.6. The molecule has 2 saturated carbocycles. The number of carbonyl (C=O) groups is 1. The topological polar surface area (TPSA) is 57.5 Å². The summed E-state index contributed by atoms with van der Waals surface area (Å²) in [6.07, 6.45) is 7.91. The van der Waals surface area contributed by atoms with Crippen LogP contribution in [0.15, 0.2) is 0 Å². The van der Waals surface area contributed by atoms with E-state index in [0.717, 1.165) is 12.8 Å². The van der Waals surface area contributed by atoms with Gasteiger partial charge in [0.05, 0.1) is 12.0 Å². The van der Waals surface area contributed by atoms with Crippen molar-refractivity contribution in [2.24, 2.45) is 17.8 Å². The molecule has 92 valence electrons. The summed E-state index contributed by atoms with van der Waals surface area (Å²) in [5, 5.41) is 19.2. The zero-order chi connectivity index (χ0) is 11.5. The molecule has 0 aliphatic heterocycles. The van der Waals surface area contributed by atoms with E-state index in [4.69, 9.17) is 5.11 Å². The molecule has 0 amide bonds. The molecule has 3 nitrogen and oxygen atoms in total. The van der Waals surface area contributed by atoms with E-state index in [1.165, 1.54) is 25.7 Å². The average molecular weight is 226 g/mol. The first-order valence-corrected chi connectivity index (χ1v) is 6.57. The van der Waals surface area contributed by atoms with E-state index in [1.807, 2.05) is 0 Å². The summed E-state index contributed by atoms with van der Waals surface area (Å²) in [7, 11) is 0. The molecule has 0 saturated heterocycles. The van der Waals surface area contributed by atoms with Gasteiger partial charge in [0.1, 0.15) is 0 Å². The molecule has 16 heavy (non-hydrogen) atoms. The van der Waals surface area contributed by atoms with Crippen molar-refractivity contribution >= 4 is 5.97 Å². The number of rotatable bonds is 6. The van der Waals surface area contributed by atoms with E-state index in [1.54, 1.807) is 0 Å². The standard InChI is InChI=1S/C13H22O3/c14-12(8-9-3-1-2-4-9)11(13(15)16)7-10-5-6-10/h9-12,14H,1-8H2,(H,15,16). The van der Waals surface area contributed by atoms with Crippen LogP contribution in [0.2, 0.25) is 0 Å². The van der Waals surface area contributed by atoms with E-state index in [-0.39, 0.29) is 0 Å². The van der Waals surface area contributed by atoms with Crippen molar-refractivity contribution in [2.75, 3.05) is 0 Å². The van der Waals surface area contributed by atoms with Crippen LogP contribution in [-0.2, 0) is 4.79 Å². The summed E-state index contributed by atoms with van der Waals surface area (Å²) in [6.45, 7) is 0. The molecule has 2 unspecified atom stereocenters. The Hall–Kier alpha value is -0.570. The van der Waals surface area contributed by atoms with Crippen LogP contribution in [0.3, 0.4) is 0 Å². The van der Waals surface area contributed by atoms with Crippen LogP contribution >= 0.6 is 0 Å². The second-order valence-electron chi connectivity index (χ2n) is 5.58. The Balaban J connectivity index is 1.82. The smallest absolute Gasteiger partial charge is 0.309 e. The number of hydrogen-bond acceptors (Lipinski definition) is 2. The lowest BCUT2D eigenvalue weighted by Gasteiger charge is -2.21. The molecule has 0 spiro atoms. The maximum absolute atomic E-state index is 11.1. The minimum absolute atomic E-state index is 0.520. The fourth-order valence-electron chi connectivity index (χ4n) is 2.89. The van der Waals surface area contributed by atoms with Gasteiger partial charge >= 0.3 is 5.97 Å². The van der Waals surface area contributed by atoms with Crippen molar-refractivity contribution < 1.29 is 15.0 Å². The Morgan fingerprint density at radius 2 is 1.62 bits per heavy atom. The Labute approximate surface area is 96.9 Å². The van der Waals surface area contributed by atoms with Crippen molar-refractivity contribution in [1.29, 1.82) is 0 Å². The SMILES string of the molecule is O=C(O)C(CC1CC1)C(O)CC1CCCC1. The Morgan fingerprint density at radius 3 is 2.12 bits per heavy atom. The van der Waals surface area contributed by atoms with Gasteiger partial charge in [0, 0.05) is 0 Å². The number of aliphatic carboxylic acids is 1. The maximum Gasteiger partial charge on any atom is 0.309 e. The number of carboxylic acid groups (broad SMARTS) is 1. The second-order valence-corrected chi connectivity index (χ2v) is 5.58. The van der Waals surface area contributed by atoms with Crippen LogP contribution in [0.4, 0.5) is 0 Å². The van der Waals surface area contributed by atoms with E-state index < -0.39 is 18.0 Å². The third-order valence-electron chi connectivity index (χ3n) is 4.12. The monoisotopic (exact) mass is 226 g/mol. The zero-order valence-electron chi connectivity index (χ0n) is 9.77. The molecule has 0 bridgehead atoms. The minimum Gasteiger partial charge on any atom is -0.481 e. The summed E-state index contributed by atoms with van der Waals surface area (Å²) >= 11 is 0. The van der Waals surface area contributed by atoms with Gasteiger partial charge in [-0.15, -0.1) is 0 Å². The van der Waals surface area contributed by atoms with Crippen LogP contribution < -0.4 is 0 Å². The van der Waals surface area contributed by atoms with Crippen LogP contribution in [0, 0.1) is 17.8 Å². The van der Waals surface area contributed by atoms with Gasteiger partial charge in [-0.1, -0.05) is 38.5 Å². The molecule has 0 heterocycles. The molecule has 0 aromatic carbocycles. The van der Waals surface area contributed by atoms with Gasteiger partial charge in [-0.2, -0.15) is 0 Å². The predicted molar refractivity (Wildman–Crippen MR) is 61.0 cm³/mol. The van der Waals surface area contributed by atoms with Crippen molar-refractivity contribution in [3.8, 4) is 0 Å². The summed E-state index contributed by atoms with van der Waals surface area (Å²) < 4.78 is 0. The first kappa shape index (κ1) is 11.9. The summed E-state index contributed by atoms with van der Waals surface area (Å²) in [6, 6.07) is 0. The molecule has 0 aromatic heterocycles. The molecule has 2 fully saturated rings. The van der Waals surface area contributed by atoms with Gasteiger partial charge < -0.3 is 10.2 Å². The largest absolute Gasteiger partial charge is 0.481 e. The van der Waals surface area contributed by atoms with Crippen molar-refractivity contribution in [1.82, 2.24) is 0 Å². The quantitative estimate of drug-likeness (QED) is 0.731. The molecule has 2 aliphatic rings. The van der Waals surface area contributed by atoms with Crippen molar-refractivity contribution in [3.05, 3.63) is 0 Å². The lowest BCUT2D eigenvalue weighted by molar-refractivity contribution is -0.146. The molecule has 2 aliphatic carbocycles. The average Bonchev–Trinajstić information content (AvgIpc) is 2.91. The van der Waals surface area contributed by atoms with Crippen LogP contribution in [0.25, 0.3) is 0 Å². The van der Waals surface area contributed by atoms with Crippen molar-refractivity contribution in [3.63, 3.8) is 0 Å². The number of aliphatic hydroxyl groups is 1.